The second kappa shape index (κ2) is 12.8. The second-order valence-electron chi connectivity index (χ2n) is 11.6. The Balaban J connectivity index is 1.84. The van der Waals surface area contributed by atoms with Crippen molar-refractivity contribution in [3.8, 4) is 16.9 Å². The number of fused-ring (bicyclic) bond motifs is 1. The SMILES string of the molecule is BC(B)=Cc1ccccc1-c1nc2c(cc1Cl)c(N1CCN(C(=O)C=C)C[C@@H]1CF)nc(=O)n2-c1c(C)ccnc1C(C)C. The monoisotopic (exact) mass is 610 g/mol. The zero-order chi connectivity index (χ0) is 31.7. The van der Waals surface area contributed by atoms with E-state index in [-0.39, 0.29) is 30.7 Å². The van der Waals surface area contributed by atoms with E-state index in [1.54, 1.807) is 22.1 Å². The van der Waals surface area contributed by atoms with Gasteiger partial charge in [-0.1, -0.05) is 62.4 Å². The summed E-state index contributed by atoms with van der Waals surface area (Å²) in [5.74, 6) is 0.0119. The highest BCUT2D eigenvalue weighted by Gasteiger charge is 2.32. The highest BCUT2D eigenvalue weighted by molar-refractivity contribution is 6.50. The summed E-state index contributed by atoms with van der Waals surface area (Å²) in [7, 11) is 4.04. The minimum atomic E-state index is -0.748. The van der Waals surface area contributed by atoms with E-state index < -0.39 is 18.4 Å². The van der Waals surface area contributed by atoms with Crippen LogP contribution in [0.3, 0.4) is 0 Å². The summed E-state index contributed by atoms with van der Waals surface area (Å²) in [6, 6.07) is 10.7. The summed E-state index contributed by atoms with van der Waals surface area (Å²) in [6.07, 6.45) is 5.01. The molecule has 3 aromatic heterocycles. The molecule has 1 atom stereocenters. The average molecular weight is 611 g/mol. The Morgan fingerprint density at radius 3 is 2.64 bits per heavy atom. The van der Waals surface area contributed by atoms with E-state index in [1.807, 2.05) is 66.8 Å². The summed E-state index contributed by atoms with van der Waals surface area (Å²) in [6.45, 7) is 9.48. The molecule has 4 heterocycles. The zero-order valence-electron chi connectivity index (χ0n) is 25.6. The number of carbonyl (C=O) groups is 1. The van der Waals surface area contributed by atoms with E-state index >= 15 is 0 Å². The van der Waals surface area contributed by atoms with Crippen molar-refractivity contribution in [1.29, 1.82) is 0 Å². The van der Waals surface area contributed by atoms with Crippen LogP contribution in [0.4, 0.5) is 10.2 Å². The molecule has 0 radical (unpaired) electrons. The lowest BCUT2D eigenvalue weighted by atomic mass is 9.77. The normalized spacial score (nSPS) is 15.1. The maximum absolute atomic E-state index is 14.5. The zero-order valence-corrected chi connectivity index (χ0v) is 26.4. The number of carbonyl (C=O) groups excluding carboxylic acids is 1. The highest BCUT2D eigenvalue weighted by Crippen LogP contribution is 2.37. The number of rotatable bonds is 7. The van der Waals surface area contributed by atoms with Crippen LogP contribution in [0.2, 0.25) is 5.02 Å². The fourth-order valence-electron chi connectivity index (χ4n) is 5.74. The maximum Gasteiger partial charge on any atom is 0.355 e. The molecule has 0 spiro atoms. The van der Waals surface area contributed by atoms with Crippen LogP contribution in [0.25, 0.3) is 34.1 Å². The van der Waals surface area contributed by atoms with Gasteiger partial charge >= 0.3 is 5.69 Å². The van der Waals surface area contributed by atoms with Crippen molar-refractivity contribution in [2.75, 3.05) is 31.2 Å². The number of amides is 1. The number of alkyl halides is 1. The van der Waals surface area contributed by atoms with Gasteiger partial charge < -0.3 is 9.80 Å². The molecule has 44 heavy (non-hydrogen) atoms. The molecule has 1 aliphatic rings. The third kappa shape index (κ3) is 5.80. The number of hydrogen-bond acceptors (Lipinski definition) is 6. The Morgan fingerprint density at radius 2 is 1.95 bits per heavy atom. The smallest absolute Gasteiger partial charge is 0.347 e. The van der Waals surface area contributed by atoms with Crippen LogP contribution in [-0.2, 0) is 4.79 Å². The highest BCUT2D eigenvalue weighted by atomic mass is 35.5. The summed E-state index contributed by atoms with van der Waals surface area (Å²) in [4.78, 5) is 44.0. The first-order chi connectivity index (χ1) is 21.0. The molecule has 0 aliphatic carbocycles. The molecule has 4 aromatic rings. The molecular formula is C32H34B2ClFN6O2. The van der Waals surface area contributed by atoms with Crippen molar-refractivity contribution in [2.24, 2.45) is 0 Å². The molecule has 0 saturated carbocycles. The molecule has 1 aliphatic heterocycles. The molecule has 12 heteroatoms. The number of hydrogen-bond donors (Lipinski definition) is 0. The van der Waals surface area contributed by atoms with E-state index in [2.05, 4.69) is 22.6 Å². The van der Waals surface area contributed by atoms with Gasteiger partial charge in [-0.2, -0.15) is 4.98 Å². The van der Waals surface area contributed by atoms with Crippen molar-refractivity contribution >= 4 is 56.1 Å². The number of pyridine rings is 2. The first kappa shape index (κ1) is 31.2. The fourth-order valence-corrected chi connectivity index (χ4v) is 6.00. The molecule has 1 saturated heterocycles. The van der Waals surface area contributed by atoms with Crippen LogP contribution >= 0.6 is 11.6 Å². The predicted octanol–water partition coefficient (Wildman–Crippen LogP) is 3.67. The van der Waals surface area contributed by atoms with E-state index in [4.69, 9.17) is 16.6 Å². The first-order valence-corrected chi connectivity index (χ1v) is 15.0. The van der Waals surface area contributed by atoms with Crippen LogP contribution in [0.1, 0.15) is 36.6 Å². The van der Waals surface area contributed by atoms with Crippen molar-refractivity contribution in [3.05, 3.63) is 92.9 Å². The molecule has 1 fully saturated rings. The van der Waals surface area contributed by atoms with Crippen LogP contribution < -0.4 is 10.6 Å². The lowest BCUT2D eigenvalue weighted by molar-refractivity contribution is -0.126. The first-order valence-electron chi connectivity index (χ1n) is 14.6. The Labute approximate surface area is 263 Å². The standard InChI is InChI=1S/C32H34B2ClFN6O2/c1-5-26(43)40-12-13-41(21(16-36)17-40)30-23-15-24(35)28(22-9-7-6-8-20(22)14-25(33)34)38-31(23)42(32(44)39-30)29-19(4)10-11-37-27(29)18(2)3/h5-11,14-15,18,21H,1,12-13,16-17,33-34H2,2-4H3/t21-/m0/s1. The van der Waals surface area contributed by atoms with Gasteiger partial charge in [0, 0.05) is 31.4 Å². The van der Waals surface area contributed by atoms with Crippen molar-refractivity contribution in [1.82, 2.24) is 24.4 Å². The second-order valence-corrected chi connectivity index (χ2v) is 12.0. The van der Waals surface area contributed by atoms with E-state index in [0.717, 1.165) is 27.8 Å². The number of aryl methyl sites for hydroxylation is 1. The third-order valence-electron chi connectivity index (χ3n) is 7.81. The molecule has 5 rings (SSSR count). The number of halogens is 2. The summed E-state index contributed by atoms with van der Waals surface area (Å²) in [5.41, 5.74) is 4.20. The van der Waals surface area contributed by atoms with Gasteiger partial charge in [0.25, 0.3) is 0 Å². The van der Waals surface area contributed by atoms with Gasteiger partial charge in [-0.05, 0) is 42.2 Å². The molecule has 0 N–H and O–H groups in total. The van der Waals surface area contributed by atoms with Crippen molar-refractivity contribution < 1.29 is 9.18 Å². The summed E-state index contributed by atoms with van der Waals surface area (Å²) < 4.78 is 16.0. The van der Waals surface area contributed by atoms with Gasteiger partial charge in [0.05, 0.1) is 33.5 Å². The van der Waals surface area contributed by atoms with Gasteiger partial charge in [0.15, 0.2) is 5.65 Å². The van der Waals surface area contributed by atoms with Crippen LogP contribution in [0.5, 0.6) is 0 Å². The van der Waals surface area contributed by atoms with Crippen molar-refractivity contribution in [2.45, 2.75) is 32.7 Å². The molecule has 0 unspecified atom stereocenters. The number of anilines is 1. The fraction of sp³-hybridized carbons (Fsp3) is 0.281. The molecule has 8 nitrogen and oxygen atoms in total. The lowest BCUT2D eigenvalue weighted by Gasteiger charge is -2.41. The molecule has 1 amide bonds. The van der Waals surface area contributed by atoms with Gasteiger partial charge in [-0.15, -0.1) is 5.37 Å². The Morgan fingerprint density at radius 1 is 1.20 bits per heavy atom. The number of aromatic nitrogens is 4. The van der Waals surface area contributed by atoms with Gasteiger partial charge in [-0.3, -0.25) is 9.78 Å². The number of nitrogens with zero attached hydrogens (tertiary/aromatic N) is 6. The van der Waals surface area contributed by atoms with E-state index in [0.29, 0.717) is 34.0 Å². The Kier molecular flexibility index (Phi) is 9.06. The molecule has 1 aromatic carbocycles. The maximum atomic E-state index is 14.5. The quantitative estimate of drug-likeness (QED) is 0.235. The molecular weight excluding hydrogens is 576 g/mol. The minimum absolute atomic E-state index is 0.00285. The minimum Gasteiger partial charge on any atom is -0.347 e. The van der Waals surface area contributed by atoms with Crippen LogP contribution in [-0.4, -0.2) is 78.4 Å². The molecule has 0 bridgehead atoms. The van der Waals surface area contributed by atoms with Gasteiger partial charge in [-0.25, -0.2) is 18.7 Å². The van der Waals surface area contributed by atoms with Gasteiger partial charge in [0.2, 0.25) is 5.91 Å². The Hall–Kier alpha value is -4.24. The largest absolute Gasteiger partial charge is 0.355 e. The lowest BCUT2D eigenvalue weighted by Crippen LogP contribution is -2.56. The Bertz CT molecular complexity index is 1860. The average Bonchev–Trinajstić information content (AvgIpc) is 3.00. The topological polar surface area (TPSA) is 84.2 Å². The van der Waals surface area contributed by atoms with Crippen LogP contribution in [0.15, 0.2) is 65.4 Å². The summed E-state index contributed by atoms with van der Waals surface area (Å²) in [5, 5.41) is 1.97. The predicted molar refractivity (Wildman–Crippen MR) is 181 cm³/mol. The molecule has 224 valence electrons. The van der Waals surface area contributed by atoms with Crippen LogP contribution in [0, 0.1) is 6.92 Å². The van der Waals surface area contributed by atoms with Gasteiger partial charge in [0.1, 0.15) is 28.2 Å². The number of piperazine rings is 1. The summed E-state index contributed by atoms with van der Waals surface area (Å²) >= 11 is 6.99. The van der Waals surface area contributed by atoms with E-state index in [9.17, 15) is 14.0 Å². The third-order valence-corrected chi connectivity index (χ3v) is 8.09. The van der Waals surface area contributed by atoms with E-state index in [1.165, 1.54) is 10.6 Å². The van der Waals surface area contributed by atoms with Crippen molar-refractivity contribution in [3.63, 3.8) is 0 Å². The number of benzene rings is 1.